The third kappa shape index (κ3) is 3.26. The van der Waals surface area contributed by atoms with E-state index in [1.807, 2.05) is 18.2 Å². The Bertz CT molecular complexity index is 403. The van der Waals surface area contributed by atoms with Crippen LogP contribution in [0.3, 0.4) is 0 Å². The van der Waals surface area contributed by atoms with Crippen LogP contribution in [0.1, 0.15) is 12.5 Å². The molecular weight excluding hydrogens is 216 g/mol. The second-order valence-electron chi connectivity index (χ2n) is 3.64. The summed E-state index contributed by atoms with van der Waals surface area (Å²) in [4.78, 5) is 22.6. The maximum atomic E-state index is 11.4. The smallest absolute Gasteiger partial charge is 0.218 e. The van der Waals surface area contributed by atoms with Crippen LogP contribution in [0.15, 0.2) is 43.0 Å². The first-order valence-electron chi connectivity index (χ1n) is 5.31. The van der Waals surface area contributed by atoms with E-state index in [0.717, 1.165) is 0 Å². The van der Waals surface area contributed by atoms with Gasteiger partial charge in [-0.1, -0.05) is 36.4 Å². The molecule has 1 atom stereocenters. The molecule has 1 unspecified atom stereocenters. The summed E-state index contributed by atoms with van der Waals surface area (Å²) >= 11 is 0. The number of carbonyl (C=O) groups is 2. The molecule has 1 rings (SSSR count). The highest BCUT2D eigenvalue weighted by Crippen LogP contribution is 2.15. The first kappa shape index (κ1) is 13.1. The quantitative estimate of drug-likeness (QED) is 0.436. The summed E-state index contributed by atoms with van der Waals surface area (Å²) in [6.45, 7) is 5.36. The standard InChI is InChI=1S/C13H16N2O2/c1-3-9-14-13(10-16,15-11(2)17)12-7-5-4-6-8-12/h3-8,10,14H,1,9H2,2H3,(H,15,17). The van der Waals surface area contributed by atoms with E-state index < -0.39 is 5.66 Å². The number of carbonyl (C=O) groups excluding carboxylic acids is 2. The molecule has 1 amide bonds. The second kappa shape index (κ2) is 5.96. The molecule has 1 aromatic carbocycles. The van der Waals surface area contributed by atoms with E-state index >= 15 is 0 Å². The molecular formula is C13H16N2O2. The molecule has 2 N–H and O–H groups in total. The molecule has 4 heteroatoms. The molecule has 0 spiro atoms. The van der Waals surface area contributed by atoms with Crippen LogP contribution in [-0.2, 0) is 15.3 Å². The van der Waals surface area contributed by atoms with Gasteiger partial charge in [-0.3, -0.25) is 14.9 Å². The molecule has 0 saturated heterocycles. The van der Waals surface area contributed by atoms with Gasteiger partial charge in [-0.25, -0.2) is 0 Å². The Balaban J connectivity index is 3.10. The zero-order chi connectivity index (χ0) is 12.7. The molecule has 0 heterocycles. The first-order chi connectivity index (χ1) is 8.14. The van der Waals surface area contributed by atoms with Crippen molar-refractivity contribution in [2.45, 2.75) is 12.6 Å². The van der Waals surface area contributed by atoms with Gasteiger partial charge in [0.2, 0.25) is 5.91 Å². The van der Waals surface area contributed by atoms with Crippen molar-refractivity contribution in [1.29, 1.82) is 0 Å². The normalized spacial score (nSPS) is 13.5. The summed E-state index contributed by atoms with van der Waals surface area (Å²) in [5.74, 6) is -0.280. The average Bonchev–Trinajstić information content (AvgIpc) is 2.35. The molecule has 90 valence electrons. The average molecular weight is 232 g/mol. The third-order valence-corrected chi connectivity index (χ3v) is 2.30. The minimum absolute atomic E-state index is 0.280. The van der Waals surface area contributed by atoms with Crippen LogP contribution in [-0.4, -0.2) is 18.7 Å². The van der Waals surface area contributed by atoms with Crippen molar-refractivity contribution in [2.24, 2.45) is 0 Å². The number of hydrogen-bond donors (Lipinski definition) is 2. The van der Waals surface area contributed by atoms with Crippen LogP contribution in [0.4, 0.5) is 0 Å². The molecule has 0 aliphatic carbocycles. The Kier molecular flexibility index (Phi) is 4.60. The van der Waals surface area contributed by atoms with Crippen LogP contribution in [0.25, 0.3) is 0 Å². The lowest BCUT2D eigenvalue weighted by Gasteiger charge is -2.30. The summed E-state index contributed by atoms with van der Waals surface area (Å²) in [7, 11) is 0. The van der Waals surface area contributed by atoms with Crippen molar-refractivity contribution in [3.8, 4) is 0 Å². The number of aldehydes is 1. The molecule has 0 aliphatic rings. The van der Waals surface area contributed by atoms with Crippen LogP contribution >= 0.6 is 0 Å². The number of nitrogens with one attached hydrogen (secondary N) is 2. The van der Waals surface area contributed by atoms with Gasteiger partial charge < -0.3 is 5.32 Å². The predicted octanol–water partition coefficient (Wildman–Crippen LogP) is 0.950. The summed E-state index contributed by atoms with van der Waals surface area (Å²) in [5, 5.41) is 5.59. The van der Waals surface area contributed by atoms with E-state index in [1.165, 1.54) is 6.92 Å². The van der Waals surface area contributed by atoms with Gasteiger partial charge in [-0.15, -0.1) is 6.58 Å². The molecule has 1 aromatic rings. The fourth-order valence-corrected chi connectivity index (χ4v) is 1.57. The van der Waals surface area contributed by atoms with Gasteiger partial charge in [0, 0.05) is 13.5 Å². The summed E-state index contributed by atoms with van der Waals surface area (Å²) < 4.78 is 0. The van der Waals surface area contributed by atoms with E-state index in [1.54, 1.807) is 18.2 Å². The van der Waals surface area contributed by atoms with Crippen molar-refractivity contribution >= 4 is 12.2 Å². The van der Waals surface area contributed by atoms with Crippen molar-refractivity contribution in [3.05, 3.63) is 48.6 Å². The minimum Gasteiger partial charge on any atom is -0.328 e. The van der Waals surface area contributed by atoms with Gasteiger partial charge in [0.25, 0.3) is 0 Å². The highest BCUT2D eigenvalue weighted by atomic mass is 16.2. The van der Waals surface area contributed by atoms with Gasteiger partial charge in [0.1, 0.15) is 0 Å². The Morgan fingerprint density at radius 1 is 1.41 bits per heavy atom. The highest BCUT2D eigenvalue weighted by molar-refractivity contribution is 5.80. The van der Waals surface area contributed by atoms with Crippen molar-refractivity contribution in [2.75, 3.05) is 6.54 Å². The third-order valence-electron chi connectivity index (χ3n) is 2.30. The number of amides is 1. The monoisotopic (exact) mass is 232 g/mol. The fourth-order valence-electron chi connectivity index (χ4n) is 1.57. The van der Waals surface area contributed by atoms with Crippen LogP contribution in [0, 0.1) is 0 Å². The summed E-state index contributed by atoms with van der Waals surface area (Å²) in [5.41, 5.74) is -0.506. The van der Waals surface area contributed by atoms with Gasteiger partial charge in [0.05, 0.1) is 0 Å². The van der Waals surface area contributed by atoms with Gasteiger partial charge >= 0.3 is 0 Å². The zero-order valence-corrected chi connectivity index (χ0v) is 9.77. The Morgan fingerprint density at radius 3 is 2.53 bits per heavy atom. The molecule has 0 radical (unpaired) electrons. The van der Waals surface area contributed by atoms with E-state index in [2.05, 4.69) is 17.2 Å². The van der Waals surface area contributed by atoms with Crippen molar-refractivity contribution < 1.29 is 9.59 Å². The van der Waals surface area contributed by atoms with E-state index in [4.69, 9.17) is 0 Å². The van der Waals surface area contributed by atoms with Gasteiger partial charge in [0.15, 0.2) is 11.9 Å². The fraction of sp³-hybridized carbons (Fsp3) is 0.231. The molecule has 0 bridgehead atoms. The second-order valence-corrected chi connectivity index (χ2v) is 3.64. The largest absolute Gasteiger partial charge is 0.328 e. The lowest BCUT2D eigenvalue weighted by Crippen LogP contribution is -2.57. The maximum Gasteiger partial charge on any atom is 0.218 e. The molecule has 4 nitrogen and oxygen atoms in total. The van der Waals surface area contributed by atoms with E-state index in [0.29, 0.717) is 18.4 Å². The van der Waals surface area contributed by atoms with Crippen LogP contribution in [0.2, 0.25) is 0 Å². The number of benzene rings is 1. The number of rotatable bonds is 6. The van der Waals surface area contributed by atoms with Crippen molar-refractivity contribution in [3.63, 3.8) is 0 Å². The predicted molar refractivity (Wildman–Crippen MR) is 66.2 cm³/mol. The topological polar surface area (TPSA) is 58.2 Å². The SMILES string of the molecule is C=CCNC(C=O)(NC(C)=O)c1ccccc1. The van der Waals surface area contributed by atoms with Crippen LogP contribution < -0.4 is 10.6 Å². The van der Waals surface area contributed by atoms with E-state index in [9.17, 15) is 9.59 Å². The van der Waals surface area contributed by atoms with Crippen LogP contribution in [0.5, 0.6) is 0 Å². The first-order valence-corrected chi connectivity index (χ1v) is 5.31. The molecule has 0 fully saturated rings. The zero-order valence-electron chi connectivity index (χ0n) is 9.77. The molecule has 17 heavy (non-hydrogen) atoms. The Morgan fingerprint density at radius 2 is 2.06 bits per heavy atom. The van der Waals surface area contributed by atoms with Gasteiger partial charge in [-0.05, 0) is 5.56 Å². The lowest BCUT2D eigenvalue weighted by atomic mass is 10.0. The number of hydrogen-bond acceptors (Lipinski definition) is 3. The Hall–Kier alpha value is -1.94. The maximum absolute atomic E-state index is 11.4. The molecule has 0 saturated carbocycles. The Labute approximate surface area is 101 Å². The molecule has 0 aromatic heterocycles. The van der Waals surface area contributed by atoms with Gasteiger partial charge in [-0.2, -0.15) is 0 Å². The van der Waals surface area contributed by atoms with Crippen molar-refractivity contribution in [1.82, 2.24) is 10.6 Å². The lowest BCUT2D eigenvalue weighted by molar-refractivity contribution is -0.126. The van der Waals surface area contributed by atoms with E-state index in [-0.39, 0.29) is 5.91 Å². The highest BCUT2D eigenvalue weighted by Gasteiger charge is 2.31. The molecule has 0 aliphatic heterocycles. The summed E-state index contributed by atoms with van der Waals surface area (Å²) in [6.07, 6.45) is 2.32. The summed E-state index contributed by atoms with van der Waals surface area (Å²) in [6, 6.07) is 9.02. The minimum atomic E-state index is -1.19.